The molecule has 1 aliphatic rings. The molecule has 1 aromatic carbocycles. The fourth-order valence-corrected chi connectivity index (χ4v) is 3.84. The Morgan fingerprint density at radius 2 is 1.94 bits per heavy atom. The van der Waals surface area contributed by atoms with E-state index in [9.17, 15) is 13.9 Å². The van der Waals surface area contributed by atoms with Crippen LogP contribution in [0.2, 0.25) is 0 Å². The van der Waals surface area contributed by atoms with Crippen molar-refractivity contribution in [3.63, 3.8) is 0 Å². The van der Waals surface area contributed by atoms with Crippen LogP contribution >= 0.6 is 0 Å². The first-order valence-electron chi connectivity index (χ1n) is 10.0. The van der Waals surface area contributed by atoms with Gasteiger partial charge in [0, 0.05) is 24.4 Å². The Labute approximate surface area is 183 Å². The molecule has 32 heavy (non-hydrogen) atoms. The number of benzene rings is 1. The molecule has 4 rings (SSSR count). The van der Waals surface area contributed by atoms with E-state index in [1.807, 2.05) is 0 Å². The molecule has 1 unspecified atom stereocenters. The molecule has 3 heterocycles. The van der Waals surface area contributed by atoms with Gasteiger partial charge in [0.2, 0.25) is 0 Å². The number of hydrogen-bond acceptors (Lipinski definition) is 7. The van der Waals surface area contributed by atoms with Crippen molar-refractivity contribution in [2.45, 2.75) is 25.5 Å². The summed E-state index contributed by atoms with van der Waals surface area (Å²) in [7, 11) is 2.53. The molecule has 4 N–H and O–H groups in total. The van der Waals surface area contributed by atoms with Gasteiger partial charge in [-0.2, -0.15) is 5.10 Å². The van der Waals surface area contributed by atoms with Crippen LogP contribution in [-0.2, 0) is 0 Å². The van der Waals surface area contributed by atoms with Crippen LogP contribution in [0.25, 0.3) is 10.9 Å². The second-order valence-corrected chi connectivity index (χ2v) is 7.47. The first-order chi connectivity index (χ1) is 15.4. The van der Waals surface area contributed by atoms with Gasteiger partial charge in [-0.25, -0.2) is 13.8 Å². The highest BCUT2D eigenvalue weighted by Gasteiger charge is 2.26. The average molecular weight is 443 g/mol. The number of nitrogens with one attached hydrogen (secondary N) is 1. The van der Waals surface area contributed by atoms with Crippen molar-refractivity contribution in [3.05, 3.63) is 40.7 Å². The van der Waals surface area contributed by atoms with Crippen LogP contribution in [0.5, 0.6) is 11.5 Å². The predicted molar refractivity (Wildman–Crippen MR) is 115 cm³/mol. The molecule has 2 atom stereocenters. The van der Waals surface area contributed by atoms with Crippen LogP contribution in [-0.4, -0.2) is 47.2 Å². The third-order valence-corrected chi connectivity index (χ3v) is 5.49. The van der Waals surface area contributed by atoms with Crippen molar-refractivity contribution in [3.8, 4) is 23.3 Å². The normalized spacial score (nSPS) is 16.6. The van der Waals surface area contributed by atoms with Crippen LogP contribution in [0.3, 0.4) is 0 Å². The zero-order chi connectivity index (χ0) is 23.0. The summed E-state index contributed by atoms with van der Waals surface area (Å²) < 4.78 is 41.2. The minimum Gasteiger partial charge on any atom is -0.493 e. The zero-order valence-corrected chi connectivity index (χ0v) is 17.9. The van der Waals surface area contributed by atoms with E-state index in [-0.39, 0.29) is 29.1 Å². The van der Waals surface area contributed by atoms with E-state index in [2.05, 4.69) is 27.2 Å². The van der Waals surface area contributed by atoms with Gasteiger partial charge in [-0.1, -0.05) is 5.92 Å². The number of methoxy groups -OCH3 is 2. The number of nitrogens with two attached hydrogens (primary N) is 1. The first kappa shape index (κ1) is 21.8. The Balaban J connectivity index is 1.95. The molecule has 1 aliphatic heterocycles. The summed E-state index contributed by atoms with van der Waals surface area (Å²) in [5, 5.41) is 18.6. The van der Waals surface area contributed by atoms with E-state index in [4.69, 9.17) is 15.2 Å². The van der Waals surface area contributed by atoms with Crippen molar-refractivity contribution in [2.75, 3.05) is 33.0 Å². The number of fused-ring (bicyclic) bond motifs is 1. The van der Waals surface area contributed by atoms with E-state index in [1.165, 1.54) is 20.4 Å². The van der Waals surface area contributed by atoms with Gasteiger partial charge in [-0.3, -0.25) is 4.68 Å². The minimum absolute atomic E-state index is 0.0118. The number of aliphatic hydroxyl groups is 1. The highest BCUT2D eigenvalue weighted by molar-refractivity contribution is 5.95. The van der Waals surface area contributed by atoms with E-state index >= 15 is 0 Å². The third kappa shape index (κ3) is 3.59. The molecule has 0 spiro atoms. The number of pyridine rings is 1. The molecule has 168 valence electrons. The number of halogens is 2. The lowest BCUT2D eigenvalue weighted by atomic mass is 10.1. The van der Waals surface area contributed by atoms with E-state index in [0.29, 0.717) is 23.0 Å². The second kappa shape index (κ2) is 8.61. The predicted octanol–water partition coefficient (Wildman–Crippen LogP) is 2.30. The van der Waals surface area contributed by atoms with Crippen LogP contribution in [0.1, 0.15) is 42.3 Å². The number of anilines is 1. The summed E-state index contributed by atoms with van der Waals surface area (Å²) in [5.41, 5.74) is 6.99. The van der Waals surface area contributed by atoms with Gasteiger partial charge >= 0.3 is 0 Å². The Morgan fingerprint density at radius 1 is 1.25 bits per heavy atom. The molecule has 0 bridgehead atoms. The quantitative estimate of drug-likeness (QED) is 0.531. The summed E-state index contributed by atoms with van der Waals surface area (Å²) in [6, 6.07) is 1.13. The van der Waals surface area contributed by atoms with Crippen LogP contribution < -0.4 is 20.5 Å². The summed E-state index contributed by atoms with van der Waals surface area (Å²) in [5.74, 6) is 3.14. The lowest BCUT2D eigenvalue weighted by Crippen LogP contribution is -2.15. The number of hydrogen-bond donors (Lipinski definition) is 3. The van der Waals surface area contributed by atoms with Gasteiger partial charge in [0.15, 0.2) is 23.1 Å². The van der Waals surface area contributed by atoms with Crippen molar-refractivity contribution < 1.29 is 23.4 Å². The SMILES string of the molecule is COc1cc(OC)c(F)c(C#Cc2nn([C@H]3CCNC3)c3c(C(C)O)cnc(N)c23)c1F. The summed E-state index contributed by atoms with van der Waals surface area (Å²) >= 11 is 0. The fraction of sp³-hybridized carbons (Fsp3) is 0.364. The maximum Gasteiger partial charge on any atom is 0.183 e. The Hall–Kier alpha value is -3.42. The maximum absolute atomic E-state index is 14.7. The van der Waals surface area contributed by atoms with Crippen molar-refractivity contribution >= 4 is 16.7 Å². The molecule has 8 nitrogen and oxygen atoms in total. The number of aromatic nitrogens is 3. The molecule has 0 radical (unpaired) electrons. The lowest BCUT2D eigenvalue weighted by Gasteiger charge is -2.14. The highest BCUT2D eigenvalue weighted by atomic mass is 19.1. The largest absolute Gasteiger partial charge is 0.493 e. The second-order valence-electron chi connectivity index (χ2n) is 7.47. The third-order valence-electron chi connectivity index (χ3n) is 5.49. The molecule has 3 aromatic rings. The van der Waals surface area contributed by atoms with E-state index in [1.54, 1.807) is 11.6 Å². The number of rotatable bonds is 4. The van der Waals surface area contributed by atoms with Gasteiger partial charge in [0.1, 0.15) is 17.1 Å². The maximum atomic E-state index is 14.7. The summed E-state index contributed by atoms with van der Waals surface area (Å²) in [6.07, 6.45) is 1.50. The smallest absolute Gasteiger partial charge is 0.183 e. The topological polar surface area (TPSA) is 107 Å². The van der Waals surface area contributed by atoms with Crippen LogP contribution in [0.4, 0.5) is 14.6 Å². The Bertz CT molecular complexity index is 1210. The molecule has 1 saturated heterocycles. The molecular formula is C22H23F2N5O3. The molecular weight excluding hydrogens is 420 g/mol. The number of aliphatic hydroxyl groups excluding tert-OH is 1. The fourth-order valence-electron chi connectivity index (χ4n) is 3.84. The molecule has 2 aromatic heterocycles. The van der Waals surface area contributed by atoms with Gasteiger partial charge in [0.25, 0.3) is 0 Å². The monoisotopic (exact) mass is 443 g/mol. The van der Waals surface area contributed by atoms with Crippen LogP contribution in [0, 0.1) is 23.5 Å². The molecule has 0 saturated carbocycles. The van der Waals surface area contributed by atoms with Crippen LogP contribution in [0.15, 0.2) is 12.3 Å². The van der Waals surface area contributed by atoms with Crippen molar-refractivity contribution in [1.29, 1.82) is 0 Å². The van der Waals surface area contributed by atoms with E-state index in [0.717, 1.165) is 19.0 Å². The number of nitrogen functional groups attached to an aromatic ring is 1. The minimum atomic E-state index is -0.946. The Kier molecular flexibility index (Phi) is 5.86. The van der Waals surface area contributed by atoms with Gasteiger partial charge in [-0.15, -0.1) is 0 Å². The van der Waals surface area contributed by atoms with Gasteiger partial charge < -0.3 is 25.6 Å². The van der Waals surface area contributed by atoms with Gasteiger partial charge in [0.05, 0.1) is 37.3 Å². The first-order valence-corrected chi connectivity index (χ1v) is 10.0. The lowest BCUT2D eigenvalue weighted by molar-refractivity contribution is 0.200. The van der Waals surface area contributed by atoms with Gasteiger partial charge in [-0.05, 0) is 25.8 Å². The summed E-state index contributed by atoms with van der Waals surface area (Å²) in [4.78, 5) is 4.17. The van der Waals surface area contributed by atoms with E-state index < -0.39 is 23.3 Å². The molecule has 1 fully saturated rings. The highest BCUT2D eigenvalue weighted by Crippen LogP contribution is 2.34. The zero-order valence-electron chi connectivity index (χ0n) is 17.9. The summed E-state index contributed by atoms with van der Waals surface area (Å²) in [6.45, 7) is 3.12. The number of nitrogens with zero attached hydrogens (tertiary/aromatic N) is 3. The Morgan fingerprint density at radius 3 is 2.50 bits per heavy atom. The average Bonchev–Trinajstić information content (AvgIpc) is 3.42. The van der Waals surface area contributed by atoms with Crippen molar-refractivity contribution in [1.82, 2.24) is 20.1 Å². The molecule has 0 aliphatic carbocycles. The van der Waals surface area contributed by atoms with Crippen molar-refractivity contribution in [2.24, 2.45) is 0 Å². The standard InChI is InChI=1S/C22H23F2N5O3/c1-11(30)14-10-27-22(25)18-15(28-29(21(14)18)12-6-7-26-9-12)5-4-13-19(23)16(31-2)8-17(32-3)20(13)24/h8,10-12,26,30H,6-7,9H2,1-3H3,(H2,25,27)/t11?,12-/m0/s1. The molecule has 0 amide bonds. The molecule has 10 heteroatoms. The number of ether oxygens (including phenoxy) is 2.